The molecule has 0 aromatic rings. The maximum absolute atomic E-state index is 13.1. The van der Waals surface area contributed by atoms with Crippen LogP contribution in [0.3, 0.4) is 0 Å². The summed E-state index contributed by atoms with van der Waals surface area (Å²) < 4.78 is 23.8. The maximum atomic E-state index is 13.1. The van der Waals surface area contributed by atoms with E-state index in [0.717, 1.165) is 44.1 Å². The lowest BCUT2D eigenvalue weighted by molar-refractivity contribution is -0.362. The van der Waals surface area contributed by atoms with E-state index in [4.69, 9.17) is 18.9 Å². The van der Waals surface area contributed by atoms with Crippen LogP contribution in [0.1, 0.15) is 98.8 Å². The lowest BCUT2D eigenvalue weighted by atomic mass is 9.32. The normalized spacial score (nSPS) is 54.1. The molecule has 2 heterocycles. The Balaban J connectivity index is 1.12. The van der Waals surface area contributed by atoms with Crippen molar-refractivity contribution in [2.24, 2.45) is 56.7 Å². The van der Waals surface area contributed by atoms with E-state index in [9.17, 15) is 45.6 Å². The third kappa shape index (κ3) is 5.76. The number of hydrogen-bond donors (Lipinski definition) is 8. The van der Waals surface area contributed by atoms with Gasteiger partial charge in [-0.3, -0.25) is 4.79 Å². The molecule has 7 aliphatic rings. The van der Waals surface area contributed by atoms with E-state index in [-0.39, 0.29) is 59.2 Å². The van der Waals surface area contributed by atoms with Crippen molar-refractivity contribution in [3.05, 3.63) is 12.2 Å². The molecule has 2 aliphatic heterocycles. The number of aliphatic hydroxyl groups excluding tert-OH is 7. The van der Waals surface area contributed by atoms with Gasteiger partial charge in [-0.15, -0.1) is 0 Å². The van der Waals surface area contributed by atoms with Crippen molar-refractivity contribution in [1.82, 2.24) is 0 Å². The molecule has 308 valence electrons. The molecule has 19 atom stereocenters. The van der Waals surface area contributed by atoms with Gasteiger partial charge in [0, 0.05) is 12.0 Å². The molecule has 0 amide bonds. The molecule has 7 fully saturated rings. The minimum Gasteiger partial charge on any atom is -0.481 e. The molecule has 8 N–H and O–H groups in total. The van der Waals surface area contributed by atoms with Gasteiger partial charge < -0.3 is 59.8 Å². The Labute approximate surface area is 319 Å². The minimum absolute atomic E-state index is 0.0297. The first-order chi connectivity index (χ1) is 25.3. The van der Waals surface area contributed by atoms with Crippen LogP contribution in [0, 0.1) is 56.7 Å². The summed E-state index contributed by atoms with van der Waals surface area (Å²) in [4.78, 5) is 13.1. The zero-order chi connectivity index (χ0) is 39.3. The number of carboxylic acid groups (broad SMARTS) is 1. The highest BCUT2D eigenvalue weighted by Gasteiger charge is 2.73. The standard InChI is InChI=1S/C41H66O13/c1-20(2)21-9-14-40(36(49)50)15-16-41(19-43)22(28(21)40)7-8-26-38(5)12-11-27(37(3,4)25(38)10-13-39(26,41)6)53-35-32(48)33(30(46)24(17-42)52-35)54-34-31(47)29(45)23(44)18-51-34/h21-35,42-48H,1,7-19H2,2-6H3,(H,49,50)/t21-,22-,23-,24+,25-,26-,27-,28-,29-,30+,31+,32+,33-,34-,35-,38-,39+,40-,41-/m0/s1. The fourth-order valence-electron chi connectivity index (χ4n) is 14.4. The van der Waals surface area contributed by atoms with E-state index in [1.165, 1.54) is 0 Å². The number of ether oxygens (including phenoxy) is 4. The molecule has 0 aromatic carbocycles. The second-order valence-electron chi connectivity index (χ2n) is 19.6. The summed E-state index contributed by atoms with van der Waals surface area (Å²) in [6.45, 7) is 14.7. The predicted octanol–water partition coefficient (Wildman–Crippen LogP) is 2.35. The summed E-state index contributed by atoms with van der Waals surface area (Å²) in [5.41, 5.74) is -0.783. The van der Waals surface area contributed by atoms with Gasteiger partial charge in [0.25, 0.3) is 0 Å². The van der Waals surface area contributed by atoms with Crippen LogP contribution in [-0.2, 0) is 23.7 Å². The highest BCUT2D eigenvalue weighted by Crippen LogP contribution is 2.77. The molecular formula is C41H66O13. The lowest BCUT2D eigenvalue weighted by Crippen LogP contribution is -2.69. The van der Waals surface area contributed by atoms with Gasteiger partial charge >= 0.3 is 5.97 Å². The third-order valence-electron chi connectivity index (χ3n) is 17.2. The Morgan fingerprint density at radius 1 is 0.796 bits per heavy atom. The number of aliphatic hydroxyl groups is 7. The van der Waals surface area contributed by atoms with Gasteiger partial charge in [-0.05, 0) is 117 Å². The number of fused-ring (bicyclic) bond motifs is 7. The Morgan fingerprint density at radius 2 is 1.52 bits per heavy atom. The van der Waals surface area contributed by atoms with Crippen LogP contribution >= 0.6 is 0 Å². The van der Waals surface area contributed by atoms with Crippen molar-refractivity contribution in [3.63, 3.8) is 0 Å². The van der Waals surface area contributed by atoms with Crippen LogP contribution in [-0.4, -0.2) is 128 Å². The van der Waals surface area contributed by atoms with Gasteiger partial charge in [-0.25, -0.2) is 0 Å². The zero-order valence-corrected chi connectivity index (χ0v) is 32.7. The van der Waals surface area contributed by atoms with Crippen LogP contribution in [0.25, 0.3) is 0 Å². The molecule has 54 heavy (non-hydrogen) atoms. The predicted molar refractivity (Wildman–Crippen MR) is 193 cm³/mol. The molecule has 5 aliphatic carbocycles. The quantitative estimate of drug-likeness (QED) is 0.132. The fourth-order valence-corrected chi connectivity index (χ4v) is 14.4. The van der Waals surface area contributed by atoms with E-state index in [1.54, 1.807) is 0 Å². The zero-order valence-electron chi connectivity index (χ0n) is 32.7. The molecule has 0 spiro atoms. The van der Waals surface area contributed by atoms with E-state index in [1.807, 2.05) is 6.92 Å². The highest BCUT2D eigenvalue weighted by molar-refractivity contribution is 5.76. The van der Waals surface area contributed by atoms with Crippen LogP contribution in [0.4, 0.5) is 0 Å². The number of carboxylic acids is 1. The first-order valence-corrected chi connectivity index (χ1v) is 20.4. The second-order valence-corrected chi connectivity index (χ2v) is 19.6. The summed E-state index contributed by atoms with van der Waals surface area (Å²) in [6.07, 6.45) is -5.30. The van der Waals surface area contributed by atoms with Crippen LogP contribution in [0.15, 0.2) is 12.2 Å². The smallest absolute Gasteiger partial charge is 0.309 e. The van der Waals surface area contributed by atoms with Gasteiger partial charge in [-0.1, -0.05) is 39.8 Å². The largest absolute Gasteiger partial charge is 0.481 e. The van der Waals surface area contributed by atoms with Gasteiger partial charge in [0.2, 0.25) is 0 Å². The fraction of sp³-hybridized carbons (Fsp3) is 0.927. The minimum atomic E-state index is -1.64. The number of aliphatic carboxylic acids is 1. The van der Waals surface area contributed by atoms with Crippen molar-refractivity contribution in [3.8, 4) is 0 Å². The van der Waals surface area contributed by atoms with E-state index in [2.05, 4.69) is 34.3 Å². The Kier molecular flexibility index (Phi) is 10.8. The molecule has 13 nitrogen and oxygen atoms in total. The van der Waals surface area contributed by atoms with Gasteiger partial charge in [0.1, 0.15) is 42.7 Å². The number of rotatable bonds is 8. The molecule has 0 aromatic heterocycles. The molecule has 5 saturated carbocycles. The molecule has 13 heteroatoms. The van der Waals surface area contributed by atoms with E-state index >= 15 is 0 Å². The monoisotopic (exact) mass is 766 g/mol. The average molecular weight is 767 g/mol. The van der Waals surface area contributed by atoms with Gasteiger partial charge in [0.15, 0.2) is 12.6 Å². The highest BCUT2D eigenvalue weighted by atomic mass is 16.7. The van der Waals surface area contributed by atoms with Crippen LogP contribution in [0.2, 0.25) is 0 Å². The summed E-state index contributed by atoms with van der Waals surface area (Å²) in [5, 5.41) is 85.5. The molecule has 0 radical (unpaired) electrons. The van der Waals surface area contributed by atoms with Crippen molar-refractivity contribution in [2.75, 3.05) is 19.8 Å². The first-order valence-electron chi connectivity index (χ1n) is 20.4. The van der Waals surface area contributed by atoms with Crippen LogP contribution in [0.5, 0.6) is 0 Å². The Morgan fingerprint density at radius 3 is 2.17 bits per heavy atom. The first kappa shape index (κ1) is 40.9. The van der Waals surface area contributed by atoms with Crippen LogP contribution < -0.4 is 0 Å². The summed E-state index contributed by atoms with van der Waals surface area (Å²) >= 11 is 0. The summed E-state index contributed by atoms with van der Waals surface area (Å²) in [7, 11) is 0. The molecule has 2 saturated heterocycles. The number of carbonyl (C=O) groups is 1. The molecule has 7 rings (SSSR count). The van der Waals surface area contributed by atoms with Gasteiger partial charge in [0.05, 0.1) is 24.7 Å². The summed E-state index contributed by atoms with van der Waals surface area (Å²) in [6, 6.07) is 0. The molecule has 0 unspecified atom stereocenters. The van der Waals surface area contributed by atoms with Crippen molar-refractivity contribution < 1.29 is 64.6 Å². The maximum Gasteiger partial charge on any atom is 0.309 e. The molecule has 0 bridgehead atoms. The van der Waals surface area contributed by atoms with E-state index < -0.39 is 78.7 Å². The topological polar surface area (TPSA) is 216 Å². The van der Waals surface area contributed by atoms with Crippen molar-refractivity contribution >= 4 is 5.97 Å². The number of allylic oxidation sites excluding steroid dienone is 1. The Bertz CT molecular complexity index is 1420. The lowest BCUT2D eigenvalue weighted by Gasteiger charge is -2.73. The average Bonchev–Trinajstić information content (AvgIpc) is 3.54. The molecular weight excluding hydrogens is 700 g/mol. The van der Waals surface area contributed by atoms with Crippen molar-refractivity contribution in [1.29, 1.82) is 0 Å². The second kappa shape index (κ2) is 14.2. The SMILES string of the molecule is C=C(C)[C@@H]1CC[C@]2(C(=O)O)CC[C@]3(CO)[C@@H](CC[C@H]4[C@@]5(C)CC[C@H](O[C@@H]6O[C@H](CO)[C@@H](O)[C@H](O[C@@H]7OC[C@H](O)[C@H](O)[C@H]7O)[C@H]6O)C(C)(C)[C@@H]5CC[C@]43C)[C@H]12. The van der Waals surface area contributed by atoms with Crippen molar-refractivity contribution in [2.45, 2.75) is 160 Å². The summed E-state index contributed by atoms with van der Waals surface area (Å²) in [5.74, 6) is 0.0511. The third-order valence-corrected chi connectivity index (χ3v) is 17.2. The Hall–Kier alpha value is -1.23. The number of hydrogen-bond acceptors (Lipinski definition) is 12. The van der Waals surface area contributed by atoms with E-state index in [0.29, 0.717) is 31.6 Å². The van der Waals surface area contributed by atoms with Gasteiger partial charge in [-0.2, -0.15) is 0 Å².